The average Bonchev–Trinajstić information content (AvgIpc) is 3.08. The lowest BCUT2D eigenvalue weighted by Gasteiger charge is -2.11. The van der Waals surface area contributed by atoms with Crippen LogP contribution in [-0.2, 0) is 6.54 Å². The summed E-state index contributed by atoms with van der Waals surface area (Å²) in [5.41, 5.74) is 1.37. The number of alkyl halides is 2. The number of nitrogens with one attached hydrogen (secondary N) is 1. The third kappa shape index (κ3) is 3.09. The SMILES string of the molecule is FC(F)c1nc(NCc2cc(Br)c3c(c2)OCO3)c2ccccc2n1. The minimum absolute atomic E-state index is 0.180. The predicted molar refractivity (Wildman–Crippen MR) is 92.1 cm³/mol. The number of para-hydroxylation sites is 1. The second-order valence-electron chi connectivity index (χ2n) is 5.41. The highest BCUT2D eigenvalue weighted by Crippen LogP contribution is 2.40. The normalized spacial score (nSPS) is 12.8. The van der Waals surface area contributed by atoms with Gasteiger partial charge < -0.3 is 14.8 Å². The number of fused-ring (bicyclic) bond motifs is 2. The first-order chi connectivity index (χ1) is 12.1. The zero-order valence-electron chi connectivity index (χ0n) is 12.8. The molecule has 3 aromatic rings. The van der Waals surface area contributed by atoms with Gasteiger partial charge in [0.2, 0.25) is 6.79 Å². The molecule has 2 heterocycles. The van der Waals surface area contributed by atoms with Gasteiger partial charge in [0.1, 0.15) is 5.82 Å². The van der Waals surface area contributed by atoms with Crippen molar-refractivity contribution in [1.82, 2.24) is 9.97 Å². The van der Waals surface area contributed by atoms with Gasteiger partial charge in [0.05, 0.1) is 9.99 Å². The minimum Gasteiger partial charge on any atom is -0.454 e. The third-order valence-corrected chi connectivity index (χ3v) is 4.35. The first-order valence-electron chi connectivity index (χ1n) is 7.48. The van der Waals surface area contributed by atoms with E-state index in [0.29, 0.717) is 34.8 Å². The molecule has 0 bridgehead atoms. The zero-order chi connectivity index (χ0) is 17.4. The molecule has 8 heteroatoms. The van der Waals surface area contributed by atoms with Crippen LogP contribution in [0.1, 0.15) is 17.8 Å². The molecule has 0 atom stereocenters. The maximum Gasteiger partial charge on any atom is 0.297 e. The van der Waals surface area contributed by atoms with Gasteiger partial charge in [-0.05, 0) is 45.8 Å². The monoisotopic (exact) mass is 407 g/mol. The Morgan fingerprint density at radius 3 is 2.84 bits per heavy atom. The largest absolute Gasteiger partial charge is 0.454 e. The van der Waals surface area contributed by atoms with Crippen molar-refractivity contribution in [2.24, 2.45) is 0 Å². The Hall–Kier alpha value is -2.48. The second kappa shape index (κ2) is 6.44. The number of hydrogen-bond acceptors (Lipinski definition) is 5. The molecule has 128 valence electrons. The van der Waals surface area contributed by atoms with Gasteiger partial charge in [-0.2, -0.15) is 0 Å². The average molecular weight is 408 g/mol. The van der Waals surface area contributed by atoms with Gasteiger partial charge in [-0.3, -0.25) is 0 Å². The Morgan fingerprint density at radius 1 is 1.16 bits per heavy atom. The van der Waals surface area contributed by atoms with E-state index in [0.717, 1.165) is 10.0 Å². The van der Waals surface area contributed by atoms with Crippen LogP contribution in [0.4, 0.5) is 14.6 Å². The summed E-state index contributed by atoms with van der Waals surface area (Å²) < 4.78 is 37.6. The molecule has 0 radical (unpaired) electrons. The number of ether oxygens (including phenoxy) is 2. The Balaban J connectivity index is 1.66. The topological polar surface area (TPSA) is 56.3 Å². The van der Waals surface area contributed by atoms with Crippen molar-refractivity contribution in [2.45, 2.75) is 13.0 Å². The van der Waals surface area contributed by atoms with E-state index in [2.05, 4.69) is 31.2 Å². The molecule has 0 aliphatic carbocycles. The van der Waals surface area contributed by atoms with Crippen LogP contribution in [0.3, 0.4) is 0 Å². The minimum atomic E-state index is -2.73. The Kier molecular flexibility index (Phi) is 4.12. The number of nitrogens with zero attached hydrogens (tertiary/aromatic N) is 2. The summed E-state index contributed by atoms with van der Waals surface area (Å²) in [6, 6.07) is 10.8. The fourth-order valence-electron chi connectivity index (χ4n) is 2.64. The molecule has 25 heavy (non-hydrogen) atoms. The second-order valence-corrected chi connectivity index (χ2v) is 6.27. The lowest BCUT2D eigenvalue weighted by atomic mass is 10.2. The van der Waals surface area contributed by atoms with Crippen LogP contribution < -0.4 is 14.8 Å². The van der Waals surface area contributed by atoms with Gasteiger partial charge in [0.15, 0.2) is 17.3 Å². The fourth-order valence-corrected chi connectivity index (χ4v) is 3.24. The standard InChI is InChI=1S/C17H12BrF2N3O2/c18-11-5-9(6-13-14(11)25-8-24-13)7-21-16-10-3-1-2-4-12(10)22-17(23-16)15(19)20/h1-6,15H,7-8H2,(H,21,22,23). The molecule has 1 aromatic heterocycles. The summed E-state index contributed by atoms with van der Waals surface area (Å²) in [5, 5.41) is 3.80. The van der Waals surface area contributed by atoms with Crippen LogP contribution in [-0.4, -0.2) is 16.8 Å². The van der Waals surface area contributed by atoms with E-state index in [-0.39, 0.29) is 6.79 Å². The number of rotatable bonds is 4. The molecule has 2 aromatic carbocycles. The Bertz CT molecular complexity index is 953. The van der Waals surface area contributed by atoms with Crippen LogP contribution >= 0.6 is 15.9 Å². The lowest BCUT2D eigenvalue weighted by Crippen LogP contribution is -2.06. The van der Waals surface area contributed by atoms with Crippen molar-refractivity contribution in [2.75, 3.05) is 12.1 Å². The summed E-state index contributed by atoms with van der Waals surface area (Å²) in [7, 11) is 0. The van der Waals surface area contributed by atoms with Crippen LogP contribution in [0.2, 0.25) is 0 Å². The predicted octanol–water partition coefficient (Wildman–Crippen LogP) is 4.67. The maximum atomic E-state index is 13.1. The first kappa shape index (κ1) is 16.0. The third-order valence-electron chi connectivity index (χ3n) is 3.76. The van der Waals surface area contributed by atoms with E-state index >= 15 is 0 Å². The molecule has 0 saturated carbocycles. The smallest absolute Gasteiger partial charge is 0.297 e. The van der Waals surface area contributed by atoms with Crippen molar-refractivity contribution >= 4 is 32.7 Å². The van der Waals surface area contributed by atoms with E-state index in [1.807, 2.05) is 18.2 Å². The molecule has 0 amide bonds. The highest BCUT2D eigenvalue weighted by atomic mass is 79.9. The van der Waals surface area contributed by atoms with Gasteiger partial charge in [-0.15, -0.1) is 0 Å². The quantitative estimate of drug-likeness (QED) is 0.680. The van der Waals surface area contributed by atoms with E-state index in [4.69, 9.17) is 9.47 Å². The Labute approximate surface area is 150 Å². The van der Waals surface area contributed by atoms with Gasteiger partial charge in [-0.1, -0.05) is 12.1 Å². The molecule has 0 unspecified atom stereocenters. The van der Waals surface area contributed by atoms with Gasteiger partial charge >= 0.3 is 0 Å². The molecule has 0 spiro atoms. The van der Waals surface area contributed by atoms with Crippen molar-refractivity contribution in [3.8, 4) is 11.5 Å². The van der Waals surface area contributed by atoms with E-state index in [1.165, 1.54) is 0 Å². The van der Waals surface area contributed by atoms with Crippen molar-refractivity contribution < 1.29 is 18.3 Å². The maximum absolute atomic E-state index is 13.1. The number of aromatic nitrogens is 2. The van der Waals surface area contributed by atoms with E-state index in [1.54, 1.807) is 18.2 Å². The van der Waals surface area contributed by atoms with Crippen LogP contribution in [0, 0.1) is 0 Å². The number of hydrogen-bond donors (Lipinski definition) is 1. The summed E-state index contributed by atoms with van der Waals surface area (Å²) in [4.78, 5) is 7.88. The first-order valence-corrected chi connectivity index (χ1v) is 8.28. The highest BCUT2D eigenvalue weighted by Gasteiger charge is 2.19. The molecule has 1 N–H and O–H groups in total. The van der Waals surface area contributed by atoms with Crippen LogP contribution in [0.25, 0.3) is 10.9 Å². The van der Waals surface area contributed by atoms with Crippen molar-refractivity contribution in [3.05, 3.63) is 52.3 Å². The summed E-state index contributed by atoms with van der Waals surface area (Å²) in [5.74, 6) is 1.19. The number of halogens is 3. The highest BCUT2D eigenvalue weighted by molar-refractivity contribution is 9.10. The van der Waals surface area contributed by atoms with Crippen LogP contribution in [0.15, 0.2) is 40.9 Å². The number of benzene rings is 2. The van der Waals surface area contributed by atoms with Crippen molar-refractivity contribution in [1.29, 1.82) is 0 Å². The van der Waals surface area contributed by atoms with Crippen molar-refractivity contribution in [3.63, 3.8) is 0 Å². The Morgan fingerprint density at radius 2 is 2.00 bits per heavy atom. The molecule has 0 saturated heterocycles. The fraction of sp³-hybridized carbons (Fsp3) is 0.176. The number of anilines is 1. The van der Waals surface area contributed by atoms with Gasteiger partial charge in [-0.25, -0.2) is 18.7 Å². The molecule has 4 rings (SSSR count). The summed E-state index contributed by atoms with van der Waals surface area (Å²) in [6.45, 7) is 0.567. The molecule has 1 aliphatic heterocycles. The lowest BCUT2D eigenvalue weighted by molar-refractivity contribution is 0.141. The van der Waals surface area contributed by atoms with Gasteiger partial charge in [0, 0.05) is 11.9 Å². The molecular weight excluding hydrogens is 396 g/mol. The van der Waals surface area contributed by atoms with E-state index in [9.17, 15) is 8.78 Å². The molecular formula is C17H12BrF2N3O2. The summed E-state index contributed by atoms with van der Waals surface area (Å²) >= 11 is 3.44. The molecule has 1 aliphatic rings. The van der Waals surface area contributed by atoms with Crippen LogP contribution in [0.5, 0.6) is 11.5 Å². The molecule has 5 nitrogen and oxygen atoms in total. The zero-order valence-corrected chi connectivity index (χ0v) is 14.4. The van der Waals surface area contributed by atoms with E-state index < -0.39 is 12.2 Å². The molecule has 0 fully saturated rings. The van der Waals surface area contributed by atoms with Gasteiger partial charge in [0.25, 0.3) is 6.43 Å². The summed E-state index contributed by atoms with van der Waals surface area (Å²) in [6.07, 6.45) is -2.73.